The Bertz CT molecular complexity index is 481. The predicted molar refractivity (Wildman–Crippen MR) is 73.7 cm³/mol. The van der Waals surface area contributed by atoms with E-state index in [4.69, 9.17) is 0 Å². The first kappa shape index (κ1) is 12.2. The smallest absolute Gasteiger partial charge is 0.0218 e. The third-order valence-electron chi connectivity index (χ3n) is 3.30. The first-order chi connectivity index (χ1) is 7.95. The van der Waals surface area contributed by atoms with Gasteiger partial charge in [-0.15, -0.1) is 12.4 Å². The lowest BCUT2D eigenvalue weighted by atomic mass is 9.86. The standard InChI is InChI=1S/C15H15N.ClH/c1-2-6-12(7-3-1)15-11-16-10-13-8-4-5-9-14(13)15;/h1-9,15-16H,10-11H2;1H. The summed E-state index contributed by atoms with van der Waals surface area (Å²) in [5.41, 5.74) is 4.32. The van der Waals surface area contributed by atoms with E-state index in [-0.39, 0.29) is 12.4 Å². The summed E-state index contributed by atoms with van der Waals surface area (Å²) in [7, 11) is 0. The molecule has 0 aromatic heterocycles. The summed E-state index contributed by atoms with van der Waals surface area (Å²) in [4.78, 5) is 0. The van der Waals surface area contributed by atoms with Gasteiger partial charge in [0.15, 0.2) is 0 Å². The van der Waals surface area contributed by atoms with E-state index in [0.717, 1.165) is 13.1 Å². The Kier molecular flexibility index (Phi) is 3.82. The van der Waals surface area contributed by atoms with E-state index in [1.807, 2.05) is 0 Å². The van der Waals surface area contributed by atoms with Crippen LogP contribution in [0.1, 0.15) is 22.6 Å². The molecular weight excluding hydrogens is 230 g/mol. The van der Waals surface area contributed by atoms with Crippen molar-refractivity contribution in [3.8, 4) is 0 Å². The highest BCUT2D eigenvalue weighted by molar-refractivity contribution is 5.85. The van der Waals surface area contributed by atoms with Crippen molar-refractivity contribution in [1.29, 1.82) is 0 Å². The minimum atomic E-state index is 0. The molecule has 1 unspecified atom stereocenters. The van der Waals surface area contributed by atoms with Gasteiger partial charge in [0.1, 0.15) is 0 Å². The van der Waals surface area contributed by atoms with Crippen LogP contribution in [-0.2, 0) is 6.54 Å². The Morgan fingerprint density at radius 2 is 1.59 bits per heavy atom. The molecule has 0 aliphatic carbocycles. The van der Waals surface area contributed by atoms with Crippen LogP contribution in [0.2, 0.25) is 0 Å². The quantitative estimate of drug-likeness (QED) is 0.813. The summed E-state index contributed by atoms with van der Waals surface area (Å²) in [6, 6.07) is 19.5. The fourth-order valence-electron chi connectivity index (χ4n) is 2.48. The van der Waals surface area contributed by atoms with Gasteiger partial charge in [0, 0.05) is 19.0 Å². The number of halogens is 1. The van der Waals surface area contributed by atoms with Crippen molar-refractivity contribution in [2.75, 3.05) is 6.54 Å². The summed E-state index contributed by atoms with van der Waals surface area (Å²) in [6.07, 6.45) is 0. The molecule has 88 valence electrons. The number of benzene rings is 2. The Morgan fingerprint density at radius 3 is 2.41 bits per heavy atom. The second-order valence-electron chi connectivity index (χ2n) is 4.29. The van der Waals surface area contributed by atoms with Crippen LogP contribution in [0.4, 0.5) is 0 Å². The molecule has 17 heavy (non-hydrogen) atoms. The second-order valence-corrected chi connectivity index (χ2v) is 4.29. The largest absolute Gasteiger partial charge is 0.312 e. The molecule has 2 aromatic carbocycles. The molecule has 0 saturated heterocycles. The van der Waals surface area contributed by atoms with Gasteiger partial charge in [-0.1, -0.05) is 54.6 Å². The number of hydrogen-bond acceptors (Lipinski definition) is 1. The maximum Gasteiger partial charge on any atom is 0.0218 e. The van der Waals surface area contributed by atoms with Gasteiger partial charge in [-0.25, -0.2) is 0 Å². The maximum absolute atomic E-state index is 3.49. The van der Waals surface area contributed by atoms with Gasteiger partial charge in [0.2, 0.25) is 0 Å². The van der Waals surface area contributed by atoms with Crippen LogP contribution in [0, 0.1) is 0 Å². The highest BCUT2D eigenvalue weighted by Gasteiger charge is 2.20. The topological polar surface area (TPSA) is 12.0 Å². The third-order valence-corrected chi connectivity index (χ3v) is 3.30. The highest BCUT2D eigenvalue weighted by atomic mass is 35.5. The average Bonchev–Trinajstić information content (AvgIpc) is 2.39. The number of rotatable bonds is 1. The zero-order chi connectivity index (χ0) is 10.8. The number of hydrogen-bond donors (Lipinski definition) is 1. The summed E-state index contributed by atoms with van der Waals surface area (Å²) in [5, 5.41) is 3.49. The first-order valence-corrected chi connectivity index (χ1v) is 5.78. The van der Waals surface area contributed by atoms with Gasteiger partial charge in [-0.3, -0.25) is 0 Å². The summed E-state index contributed by atoms with van der Waals surface area (Å²) in [5.74, 6) is 0.506. The van der Waals surface area contributed by atoms with Crippen LogP contribution < -0.4 is 5.32 Å². The molecule has 1 aliphatic heterocycles. The Balaban J connectivity index is 0.00000108. The summed E-state index contributed by atoms with van der Waals surface area (Å²) < 4.78 is 0. The number of fused-ring (bicyclic) bond motifs is 1. The molecule has 1 heterocycles. The SMILES string of the molecule is Cl.c1ccc(C2CNCc3ccccc32)cc1. The van der Waals surface area contributed by atoms with Gasteiger partial charge in [0.25, 0.3) is 0 Å². The van der Waals surface area contributed by atoms with Gasteiger partial charge < -0.3 is 5.32 Å². The molecule has 0 spiro atoms. The Morgan fingerprint density at radius 1 is 0.882 bits per heavy atom. The van der Waals surface area contributed by atoms with Crippen LogP contribution in [0.3, 0.4) is 0 Å². The van der Waals surface area contributed by atoms with E-state index in [1.54, 1.807) is 0 Å². The molecule has 2 aromatic rings. The van der Waals surface area contributed by atoms with Gasteiger partial charge in [-0.2, -0.15) is 0 Å². The molecule has 1 nitrogen and oxygen atoms in total. The van der Waals surface area contributed by atoms with E-state index in [1.165, 1.54) is 16.7 Å². The molecule has 0 saturated carbocycles. The fourth-order valence-corrected chi connectivity index (χ4v) is 2.48. The summed E-state index contributed by atoms with van der Waals surface area (Å²) >= 11 is 0. The van der Waals surface area contributed by atoms with Crippen molar-refractivity contribution in [2.45, 2.75) is 12.5 Å². The Labute approximate surface area is 108 Å². The van der Waals surface area contributed by atoms with E-state index < -0.39 is 0 Å². The molecule has 0 amide bonds. The molecule has 0 radical (unpaired) electrons. The minimum absolute atomic E-state index is 0. The van der Waals surface area contributed by atoms with Gasteiger partial charge >= 0.3 is 0 Å². The molecule has 0 fully saturated rings. The second kappa shape index (κ2) is 5.35. The van der Waals surface area contributed by atoms with Gasteiger partial charge in [-0.05, 0) is 16.7 Å². The lowest BCUT2D eigenvalue weighted by molar-refractivity contribution is 0.591. The zero-order valence-electron chi connectivity index (χ0n) is 9.60. The molecule has 1 N–H and O–H groups in total. The van der Waals surface area contributed by atoms with Crippen LogP contribution in [-0.4, -0.2) is 6.54 Å². The van der Waals surface area contributed by atoms with Crippen molar-refractivity contribution in [1.82, 2.24) is 5.32 Å². The molecule has 2 heteroatoms. The maximum atomic E-state index is 3.49. The molecule has 1 atom stereocenters. The van der Waals surface area contributed by atoms with E-state index in [2.05, 4.69) is 59.9 Å². The van der Waals surface area contributed by atoms with Crippen LogP contribution in [0.15, 0.2) is 54.6 Å². The third kappa shape index (κ3) is 2.36. The van der Waals surface area contributed by atoms with Crippen molar-refractivity contribution in [3.05, 3.63) is 71.3 Å². The molecule has 0 bridgehead atoms. The van der Waals surface area contributed by atoms with Crippen LogP contribution >= 0.6 is 12.4 Å². The normalized spacial score (nSPS) is 18.0. The zero-order valence-corrected chi connectivity index (χ0v) is 10.4. The van der Waals surface area contributed by atoms with E-state index in [0.29, 0.717) is 5.92 Å². The molecule has 3 rings (SSSR count). The monoisotopic (exact) mass is 245 g/mol. The van der Waals surface area contributed by atoms with Crippen molar-refractivity contribution in [3.63, 3.8) is 0 Å². The lowest BCUT2D eigenvalue weighted by Crippen LogP contribution is -2.28. The van der Waals surface area contributed by atoms with Crippen LogP contribution in [0.5, 0.6) is 0 Å². The van der Waals surface area contributed by atoms with Crippen molar-refractivity contribution < 1.29 is 0 Å². The van der Waals surface area contributed by atoms with Crippen molar-refractivity contribution >= 4 is 12.4 Å². The molecular formula is C15H16ClN. The lowest BCUT2D eigenvalue weighted by Gasteiger charge is -2.26. The predicted octanol–water partition coefficient (Wildman–Crippen LogP) is 3.34. The number of nitrogens with one attached hydrogen (secondary N) is 1. The molecule has 1 aliphatic rings. The fraction of sp³-hybridized carbons (Fsp3) is 0.200. The van der Waals surface area contributed by atoms with E-state index >= 15 is 0 Å². The van der Waals surface area contributed by atoms with E-state index in [9.17, 15) is 0 Å². The minimum Gasteiger partial charge on any atom is -0.312 e. The van der Waals surface area contributed by atoms with Gasteiger partial charge in [0.05, 0.1) is 0 Å². The van der Waals surface area contributed by atoms with Crippen LogP contribution in [0.25, 0.3) is 0 Å². The average molecular weight is 246 g/mol. The highest BCUT2D eigenvalue weighted by Crippen LogP contribution is 2.29. The summed E-state index contributed by atoms with van der Waals surface area (Å²) in [6.45, 7) is 2.04. The Hall–Kier alpha value is -1.31. The van der Waals surface area contributed by atoms with Crippen molar-refractivity contribution in [2.24, 2.45) is 0 Å². The first-order valence-electron chi connectivity index (χ1n) is 5.78.